The number of hydrogen-bond acceptors (Lipinski definition) is 4. The molecule has 0 radical (unpaired) electrons. The summed E-state index contributed by atoms with van der Waals surface area (Å²) in [6.07, 6.45) is 3.11. The molecule has 0 spiro atoms. The van der Waals surface area contributed by atoms with Crippen molar-refractivity contribution >= 4 is 41.7 Å². The average molecular weight is 518 g/mol. The highest BCUT2D eigenvalue weighted by Gasteiger charge is 2.34. The predicted molar refractivity (Wildman–Crippen MR) is 128 cm³/mol. The second kappa shape index (κ2) is 11.6. The maximum Gasteiger partial charge on any atom is 0.412 e. The van der Waals surface area contributed by atoms with Crippen LogP contribution in [-0.2, 0) is 11.2 Å². The molecule has 8 heteroatoms. The normalized spacial score (nSPS) is 15.6. The molecule has 0 atom stereocenters. The standard InChI is InChI=1S/C21H34N4O3.HI/c1-5-22-18(24-15-21(27)12-6-13-21)23-14-11-16-7-9-17(10-8-16)25-19(26)28-20(2,3)4;/h7-10,27H,5-6,11-15H2,1-4H3,(H,25,26)(H2,22,23,24);1H. The number of benzene rings is 1. The summed E-state index contributed by atoms with van der Waals surface area (Å²) in [7, 11) is 0. The molecule has 0 bridgehead atoms. The maximum absolute atomic E-state index is 11.8. The first-order valence-corrected chi connectivity index (χ1v) is 10.0. The van der Waals surface area contributed by atoms with Gasteiger partial charge in [0.15, 0.2) is 5.96 Å². The van der Waals surface area contributed by atoms with Crippen LogP contribution in [0.1, 0.15) is 52.5 Å². The van der Waals surface area contributed by atoms with Crippen molar-refractivity contribution in [3.63, 3.8) is 0 Å². The number of carbonyl (C=O) groups is 1. The molecule has 1 aliphatic carbocycles. The summed E-state index contributed by atoms with van der Waals surface area (Å²) < 4.78 is 5.25. The van der Waals surface area contributed by atoms with Gasteiger partial charge < -0.3 is 20.5 Å². The highest BCUT2D eigenvalue weighted by molar-refractivity contribution is 14.0. The van der Waals surface area contributed by atoms with Gasteiger partial charge in [-0.1, -0.05) is 12.1 Å². The van der Waals surface area contributed by atoms with E-state index in [1.54, 1.807) is 0 Å². The lowest BCUT2D eigenvalue weighted by molar-refractivity contribution is -0.0236. The summed E-state index contributed by atoms with van der Waals surface area (Å²) >= 11 is 0. The summed E-state index contributed by atoms with van der Waals surface area (Å²) in [5, 5.41) is 19.4. The third kappa shape index (κ3) is 9.66. The van der Waals surface area contributed by atoms with Crippen LogP contribution in [-0.4, -0.2) is 48.0 Å². The number of rotatable bonds is 7. The molecular formula is C21H35IN4O3. The van der Waals surface area contributed by atoms with E-state index in [0.29, 0.717) is 12.2 Å². The zero-order chi connectivity index (χ0) is 20.6. The second-order valence-electron chi connectivity index (χ2n) is 8.27. The molecule has 1 aliphatic rings. The number of guanidine groups is 1. The minimum Gasteiger partial charge on any atom is -0.444 e. The zero-order valence-corrected chi connectivity index (χ0v) is 20.2. The van der Waals surface area contributed by atoms with Crippen molar-refractivity contribution in [3.8, 4) is 0 Å². The lowest BCUT2D eigenvalue weighted by atomic mass is 9.80. The Bertz CT molecular complexity index is 667. The SMILES string of the molecule is CCNC(=NCC1(O)CCC1)NCCc1ccc(NC(=O)OC(C)(C)C)cc1.I. The summed E-state index contributed by atoms with van der Waals surface area (Å²) in [5.41, 5.74) is 0.722. The molecule has 0 heterocycles. The molecule has 0 saturated heterocycles. The number of aliphatic imine (C=N–C) groups is 1. The third-order valence-electron chi connectivity index (χ3n) is 4.47. The molecule has 0 aromatic heterocycles. The van der Waals surface area contributed by atoms with Gasteiger partial charge in [0.05, 0.1) is 12.1 Å². The van der Waals surface area contributed by atoms with Gasteiger partial charge in [0.1, 0.15) is 5.60 Å². The van der Waals surface area contributed by atoms with E-state index in [2.05, 4.69) is 20.9 Å². The molecule has 1 amide bonds. The Kier molecular flexibility index (Phi) is 10.2. The van der Waals surface area contributed by atoms with E-state index in [1.807, 2.05) is 52.0 Å². The quantitative estimate of drug-likeness (QED) is 0.251. The highest BCUT2D eigenvalue weighted by Crippen LogP contribution is 2.31. The molecule has 1 fully saturated rings. The van der Waals surface area contributed by atoms with E-state index in [9.17, 15) is 9.90 Å². The minimum absolute atomic E-state index is 0. The first-order chi connectivity index (χ1) is 13.2. The molecule has 0 unspecified atom stereocenters. The number of nitrogens with zero attached hydrogens (tertiary/aromatic N) is 1. The van der Waals surface area contributed by atoms with E-state index >= 15 is 0 Å². The number of ether oxygens (including phenoxy) is 1. The fourth-order valence-corrected chi connectivity index (χ4v) is 2.81. The number of anilines is 1. The number of hydrogen-bond donors (Lipinski definition) is 4. The van der Waals surface area contributed by atoms with Crippen LogP contribution in [0.3, 0.4) is 0 Å². The summed E-state index contributed by atoms with van der Waals surface area (Å²) in [4.78, 5) is 16.3. The lowest BCUT2D eigenvalue weighted by Crippen LogP contribution is -2.43. The van der Waals surface area contributed by atoms with Gasteiger partial charge in [0.25, 0.3) is 0 Å². The summed E-state index contributed by atoms with van der Waals surface area (Å²) in [6, 6.07) is 7.69. The highest BCUT2D eigenvalue weighted by atomic mass is 127. The Morgan fingerprint density at radius 1 is 1.21 bits per heavy atom. The van der Waals surface area contributed by atoms with Crippen LogP contribution in [0, 0.1) is 0 Å². The Morgan fingerprint density at radius 2 is 1.86 bits per heavy atom. The largest absolute Gasteiger partial charge is 0.444 e. The fraction of sp³-hybridized carbons (Fsp3) is 0.619. The number of halogens is 1. The van der Waals surface area contributed by atoms with Crippen molar-refractivity contribution in [1.82, 2.24) is 10.6 Å². The van der Waals surface area contributed by atoms with Gasteiger partial charge in [0, 0.05) is 18.8 Å². The smallest absolute Gasteiger partial charge is 0.412 e. The van der Waals surface area contributed by atoms with Crippen LogP contribution in [0.4, 0.5) is 10.5 Å². The van der Waals surface area contributed by atoms with Crippen LogP contribution in [0.2, 0.25) is 0 Å². The minimum atomic E-state index is -0.612. The summed E-state index contributed by atoms with van der Waals surface area (Å²) in [6.45, 7) is 9.46. The molecule has 1 aromatic carbocycles. The van der Waals surface area contributed by atoms with Crippen molar-refractivity contribution in [2.45, 2.75) is 64.6 Å². The van der Waals surface area contributed by atoms with Crippen LogP contribution >= 0.6 is 24.0 Å². The van der Waals surface area contributed by atoms with Crippen molar-refractivity contribution in [1.29, 1.82) is 0 Å². The van der Waals surface area contributed by atoms with Crippen molar-refractivity contribution in [2.75, 3.05) is 25.0 Å². The van der Waals surface area contributed by atoms with Crippen molar-refractivity contribution < 1.29 is 14.6 Å². The molecule has 0 aliphatic heterocycles. The topological polar surface area (TPSA) is 95.0 Å². The third-order valence-corrected chi connectivity index (χ3v) is 4.47. The zero-order valence-electron chi connectivity index (χ0n) is 17.9. The van der Waals surface area contributed by atoms with Crippen LogP contribution < -0.4 is 16.0 Å². The van der Waals surface area contributed by atoms with Gasteiger partial charge in [-0.15, -0.1) is 24.0 Å². The van der Waals surface area contributed by atoms with Gasteiger partial charge in [-0.2, -0.15) is 0 Å². The van der Waals surface area contributed by atoms with Gasteiger partial charge in [0.2, 0.25) is 0 Å². The van der Waals surface area contributed by atoms with Gasteiger partial charge in [-0.3, -0.25) is 10.3 Å². The van der Waals surface area contributed by atoms with Crippen molar-refractivity contribution in [3.05, 3.63) is 29.8 Å². The van der Waals surface area contributed by atoms with Gasteiger partial charge >= 0.3 is 6.09 Å². The van der Waals surface area contributed by atoms with Crippen molar-refractivity contribution in [2.24, 2.45) is 4.99 Å². The molecule has 7 nitrogen and oxygen atoms in total. The molecule has 1 aromatic rings. The van der Waals surface area contributed by atoms with E-state index in [-0.39, 0.29) is 24.0 Å². The number of amides is 1. The van der Waals surface area contributed by atoms with Gasteiger partial charge in [-0.25, -0.2) is 4.79 Å². The predicted octanol–water partition coefficient (Wildman–Crippen LogP) is 3.66. The first-order valence-electron chi connectivity index (χ1n) is 10.0. The fourth-order valence-electron chi connectivity index (χ4n) is 2.81. The van der Waals surface area contributed by atoms with E-state index in [4.69, 9.17) is 4.74 Å². The monoisotopic (exact) mass is 518 g/mol. The average Bonchev–Trinajstić information content (AvgIpc) is 2.58. The van der Waals surface area contributed by atoms with Gasteiger partial charge in [-0.05, 0) is 71.1 Å². The Labute approximate surface area is 191 Å². The molecule has 4 N–H and O–H groups in total. The van der Waals surface area contributed by atoms with Crippen LogP contribution in [0.15, 0.2) is 29.3 Å². The lowest BCUT2D eigenvalue weighted by Gasteiger charge is -2.35. The Hall–Kier alpha value is -1.55. The molecule has 2 rings (SSSR count). The van der Waals surface area contributed by atoms with Crippen LogP contribution in [0.5, 0.6) is 0 Å². The molecule has 164 valence electrons. The molecule has 29 heavy (non-hydrogen) atoms. The second-order valence-corrected chi connectivity index (χ2v) is 8.27. The molecular weight excluding hydrogens is 483 g/mol. The number of carbonyl (C=O) groups excluding carboxylic acids is 1. The van der Waals surface area contributed by atoms with E-state index in [0.717, 1.165) is 50.3 Å². The number of nitrogens with one attached hydrogen (secondary N) is 3. The number of aliphatic hydroxyl groups is 1. The first kappa shape index (κ1) is 25.5. The molecule has 1 saturated carbocycles. The summed E-state index contributed by atoms with van der Waals surface area (Å²) in [5.74, 6) is 0.728. The van der Waals surface area contributed by atoms with E-state index < -0.39 is 17.3 Å². The van der Waals surface area contributed by atoms with Crippen LogP contribution in [0.25, 0.3) is 0 Å². The Morgan fingerprint density at radius 3 is 2.38 bits per heavy atom. The Balaban J connectivity index is 0.00000420. The van der Waals surface area contributed by atoms with E-state index in [1.165, 1.54) is 0 Å². The maximum atomic E-state index is 11.8.